The molecule has 0 aromatic heterocycles. The van der Waals surface area contributed by atoms with Crippen LogP contribution in [0.4, 0.5) is 23.2 Å². The Morgan fingerprint density at radius 2 is 1.80 bits per heavy atom. The zero-order valence-electron chi connectivity index (χ0n) is 21.7. The fourth-order valence-electron chi connectivity index (χ4n) is 4.54. The minimum Gasteiger partial charge on any atom is -0.504 e. The summed E-state index contributed by atoms with van der Waals surface area (Å²) in [5.41, 5.74) is 1.15. The Morgan fingerprint density at radius 3 is 2.51 bits per heavy atom. The molecule has 0 fully saturated rings. The van der Waals surface area contributed by atoms with Crippen LogP contribution in [-0.4, -0.2) is 41.2 Å². The Kier molecular flexibility index (Phi) is 7.40. The first-order valence-electron chi connectivity index (χ1n) is 12.5. The van der Waals surface area contributed by atoms with Gasteiger partial charge in [0.25, 0.3) is 11.8 Å². The number of amides is 2. The zero-order valence-corrected chi connectivity index (χ0v) is 21.7. The van der Waals surface area contributed by atoms with Crippen molar-refractivity contribution in [3.05, 3.63) is 101 Å². The van der Waals surface area contributed by atoms with E-state index in [1.54, 1.807) is 42.6 Å². The average molecular weight is 569 g/mol. The van der Waals surface area contributed by atoms with Crippen molar-refractivity contribution in [2.45, 2.75) is 25.7 Å². The third-order valence-corrected chi connectivity index (χ3v) is 6.70. The SMILES string of the molecule is COc1cc(CNC(=O)c2ccc(CN3C=C4C(=O)N(c5ccc(F)c(C(F)(F)F)c5)N=C4CC3)cc2)ccc1O. The molecule has 41 heavy (non-hydrogen) atoms. The van der Waals surface area contributed by atoms with Gasteiger partial charge < -0.3 is 20.1 Å². The van der Waals surface area contributed by atoms with E-state index in [2.05, 4.69) is 10.4 Å². The highest BCUT2D eigenvalue weighted by Crippen LogP contribution is 2.36. The molecule has 0 unspecified atom stereocenters. The average Bonchev–Trinajstić information content (AvgIpc) is 3.28. The maximum absolute atomic E-state index is 13.7. The normalized spacial score (nSPS) is 14.9. The molecule has 0 bridgehead atoms. The van der Waals surface area contributed by atoms with E-state index >= 15 is 0 Å². The Morgan fingerprint density at radius 1 is 1.07 bits per heavy atom. The maximum Gasteiger partial charge on any atom is 0.419 e. The predicted molar refractivity (Wildman–Crippen MR) is 142 cm³/mol. The Bertz CT molecular complexity index is 1570. The number of benzene rings is 3. The number of halogens is 4. The minimum atomic E-state index is -4.91. The first-order valence-corrected chi connectivity index (χ1v) is 12.5. The first kappa shape index (κ1) is 27.7. The third-order valence-electron chi connectivity index (χ3n) is 6.70. The Hall–Kier alpha value is -4.87. The van der Waals surface area contributed by atoms with Gasteiger partial charge in [0.15, 0.2) is 11.5 Å². The van der Waals surface area contributed by atoms with Gasteiger partial charge >= 0.3 is 6.18 Å². The Labute approximate surface area is 232 Å². The quantitative estimate of drug-likeness (QED) is 0.392. The topological polar surface area (TPSA) is 94.5 Å². The monoisotopic (exact) mass is 568 g/mol. The number of hydrogen-bond donors (Lipinski definition) is 2. The molecule has 3 aromatic rings. The van der Waals surface area contributed by atoms with Crippen LogP contribution in [0.3, 0.4) is 0 Å². The van der Waals surface area contributed by atoms with Crippen LogP contribution in [0.2, 0.25) is 0 Å². The summed E-state index contributed by atoms with van der Waals surface area (Å²) in [4.78, 5) is 27.5. The van der Waals surface area contributed by atoms with Gasteiger partial charge in [-0.15, -0.1) is 0 Å². The summed E-state index contributed by atoms with van der Waals surface area (Å²) in [6.07, 6.45) is -2.90. The van der Waals surface area contributed by atoms with Crippen molar-refractivity contribution < 1.29 is 37.0 Å². The van der Waals surface area contributed by atoms with Crippen LogP contribution in [0.1, 0.15) is 33.5 Å². The number of rotatable bonds is 7. The van der Waals surface area contributed by atoms with Gasteiger partial charge in [-0.05, 0) is 53.6 Å². The van der Waals surface area contributed by atoms with Crippen molar-refractivity contribution in [2.75, 3.05) is 18.7 Å². The summed E-state index contributed by atoms with van der Waals surface area (Å²) in [7, 11) is 1.44. The molecule has 0 spiro atoms. The van der Waals surface area contributed by atoms with E-state index in [0.717, 1.165) is 22.2 Å². The molecule has 2 heterocycles. The van der Waals surface area contributed by atoms with E-state index in [1.165, 1.54) is 13.2 Å². The number of carbonyl (C=O) groups excluding carboxylic acids is 2. The van der Waals surface area contributed by atoms with Crippen LogP contribution in [-0.2, 0) is 24.1 Å². The number of hydrogen-bond acceptors (Lipinski definition) is 6. The molecule has 2 aliphatic heterocycles. The van der Waals surface area contributed by atoms with E-state index in [4.69, 9.17) is 4.74 Å². The lowest BCUT2D eigenvalue weighted by Gasteiger charge is -2.25. The second-order valence-corrected chi connectivity index (χ2v) is 9.47. The number of ether oxygens (including phenoxy) is 1. The smallest absolute Gasteiger partial charge is 0.419 e. The number of phenols is 1. The highest BCUT2D eigenvalue weighted by Gasteiger charge is 2.38. The van der Waals surface area contributed by atoms with Gasteiger partial charge in [0, 0.05) is 37.8 Å². The molecule has 12 heteroatoms. The second kappa shape index (κ2) is 11.0. The molecule has 2 amide bonds. The van der Waals surface area contributed by atoms with Gasteiger partial charge in [-0.3, -0.25) is 9.59 Å². The number of fused-ring (bicyclic) bond motifs is 1. The van der Waals surface area contributed by atoms with E-state index in [9.17, 15) is 32.3 Å². The molecule has 0 aliphatic carbocycles. The summed E-state index contributed by atoms with van der Waals surface area (Å²) >= 11 is 0. The lowest BCUT2D eigenvalue weighted by Crippen LogP contribution is -2.29. The third kappa shape index (κ3) is 5.86. The van der Waals surface area contributed by atoms with Crippen molar-refractivity contribution in [1.29, 1.82) is 0 Å². The molecule has 0 saturated heterocycles. The van der Waals surface area contributed by atoms with Crippen molar-refractivity contribution in [3.8, 4) is 11.5 Å². The summed E-state index contributed by atoms with van der Waals surface area (Å²) in [6, 6.07) is 14.1. The number of anilines is 1. The van der Waals surface area contributed by atoms with Gasteiger partial charge in [0.1, 0.15) is 5.82 Å². The highest BCUT2D eigenvalue weighted by molar-refractivity contribution is 6.30. The number of carbonyl (C=O) groups is 2. The van der Waals surface area contributed by atoms with Crippen LogP contribution >= 0.6 is 0 Å². The number of phenolic OH excluding ortho intramolecular Hbond substituents is 1. The maximum atomic E-state index is 13.7. The van der Waals surface area contributed by atoms with Crippen molar-refractivity contribution in [2.24, 2.45) is 5.10 Å². The largest absolute Gasteiger partial charge is 0.504 e. The summed E-state index contributed by atoms with van der Waals surface area (Å²) in [6.45, 7) is 1.18. The number of aromatic hydroxyl groups is 1. The predicted octanol–water partition coefficient (Wildman–Crippen LogP) is 4.98. The van der Waals surface area contributed by atoms with Crippen LogP contribution in [0, 0.1) is 5.82 Å². The van der Waals surface area contributed by atoms with Gasteiger partial charge in [-0.25, -0.2) is 4.39 Å². The van der Waals surface area contributed by atoms with Crippen molar-refractivity contribution in [3.63, 3.8) is 0 Å². The van der Waals surface area contributed by atoms with E-state index in [1.807, 2.05) is 4.90 Å². The number of hydrazone groups is 1. The molecule has 0 saturated carbocycles. The molecular weight excluding hydrogens is 544 g/mol. The summed E-state index contributed by atoms with van der Waals surface area (Å²) in [5, 5.41) is 17.6. The van der Waals surface area contributed by atoms with Gasteiger partial charge in [0.05, 0.1) is 29.6 Å². The van der Waals surface area contributed by atoms with Crippen molar-refractivity contribution in [1.82, 2.24) is 10.2 Å². The molecule has 3 aromatic carbocycles. The molecule has 8 nitrogen and oxygen atoms in total. The second-order valence-electron chi connectivity index (χ2n) is 9.47. The summed E-state index contributed by atoms with van der Waals surface area (Å²) < 4.78 is 58.2. The Balaban J connectivity index is 1.22. The van der Waals surface area contributed by atoms with Crippen LogP contribution < -0.4 is 15.1 Å². The van der Waals surface area contributed by atoms with Gasteiger partial charge in [-0.2, -0.15) is 23.3 Å². The van der Waals surface area contributed by atoms with E-state index in [-0.39, 0.29) is 29.5 Å². The molecule has 0 radical (unpaired) electrons. The molecular formula is C29H24F4N4O4. The molecule has 212 valence electrons. The number of methoxy groups -OCH3 is 1. The molecule has 0 atom stereocenters. The van der Waals surface area contributed by atoms with E-state index in [0.29, 0.717) is 48.7 Å². The fourth-order valence-corrected chi connectivity index (χ4v) is 4.54. The van der Waals surface area contributed by atoms with E-state index < -0.39 is 23.5 Å². The lowest BCUT2D eigenvalue weighted by molar-refractivity contribution is -0.140. The zero-order chi connectivity index (χ0) is 29.3. The molecule has 2 aliphatic rings. The van der Waals surface area contributed by atoms with Gasteiger partial charge in [-0.1, -0.05) is 18.2 Å². The molecule has 5 rings (SSSR count). The number of nitrogens with zero attached hydrogens (tertiary/aromatic N) is 3. The standard InChI is InChI=1S/C29H24F4N4O4/c1-41-26-12-18(4-9-25(26)38)14-34-27(39)19-5-2-17(3-6-19)15-36-11-10-24-21(16-36)28(40)37(35-24)20-7-8-23(30)22(13-20)29(31,32)33/h2-9,12-13,16,38H,10-11,14-15H2,1H3,(H,34,39). The first-order chi connectivity index (χ1) is 19.5. The van der Waals surface area contributed by atoms with Crippen molar-refractivity contribution >= 4 is 23.2 Å². The highest BCUT2D eigenvalue weighted by atomic mass is 19.4. The van der Waals surface area contributed by atoms with Crippen LogP contribution in [0.25, 0.3) is 0 Å². The summed E-state index contributed by atoms with van der Waals surface area (Å²) in [5.74, 6) is -1.98. The minimum absolute atomic E-state index is 0.00745. The van der Waals surface area contributed by atoms with Gasteiger partial charge in [0.2, 0.25) is 0 Å². The van der Waals surface area contributed by atoms with Crippen LogP contribution in [0.15, 0.2) is 77.5 Å². The number of nitrogens with one attached hydrogen (secondary N) is 1. The number of alkyl halides is 3. The fraction of sp³-hybridized carbons (Fsp3) is 0.207. The molecule has 2 N–H and O–H groups in total. The van der Waals surface area contributed by atoms with Crippen LogP contribution in [0.5, 0.6) is 11.5 Å². The lowest BCUT2D eigenvalue weighted by atomic mass is 10.0.